The van der Waals surface area contributed by atoms with Gasteiger partial charge in [-0.2, -0.15) is 4.99 Å². The molecule has 1 N–H and O–H groups in total. The number of benzene rings is 1. The second-order valence-electron chi connectivity index (χ2n) is 5.72. The van der Waals surface area contributed by atoms with Crippen LogP contribution in [0.3, 0.4) is 0 Å². The smallest absolute Gasteiger partial charge is 0.323 e. The molecule has 1 heterocycles. The van der Waals surface area contributed by atoms with E-state index < -0.39 is 11.9 Å². The number of hydrogen-bond donors (Lipinski definition) is 1. The zero-order valence-electron chi connectivity index (χ0n) is 13.0. The molecule has 126 valence electrons. The molecule has 24 heavy (non-hydrogen) atoms. The van der Waals surface area contributed by atoms with E-state index in [4.69, 9.17) is 11.6 Å². The molecule has 5 nitrogen and oxygen atoms in total. The summed E-state index contributed by atoms with van der Waals surface area (Å²) < 4.78 is 1.68. The topological polar surface area (TPSA) is 71.7 Å². The van der Waals surface area contributed by atoms with E-state index in [0.717, 1.165) is 42.7 Å². The molecule has 1 aromatic heterocycles. The molecule has 1 amide bonds. The van der Waals surface area contributed by atoms with Gasteiger partial charge in [0.2, 0.25) is 0 Å². The fraction of sp³-hybridized carbons (Fsp3) is 0.353. The molecule has 1 aliphatic rings. The molecule has 2 aromatic rings. The number of rotatable bonds is 3. The monoisotopic (exact) mass is 364 g/mol. The van der Waals surface area contributed by atoms with Crippen LogP contribution in [0.5, 0.6) is 0 Å². The Balaban J connectivity index is 2.05. The summed E-state index contributed by atoms with van der Waals surface area (Å²) in [5.41, 5.74) is 1.41. The summed E-state index contributed by atoms with van der Waals surface area (Å²) in [7, 11) is 0. The molecule has 0 unspecified atom stereocenters. The highest BCUT2D eigenvalue weighted by atomic mass is 35.5. The van der Waals surface area contributed by atoms with Crippen molar-refractivity contribution in [3.63, 3.8) is 0 Å². The van der Waals surface area contributed by atoms with E-state index in [0.29, 0.717) is 15.4 Å². The Labute approximate surface area is 148 Å². The van der Waals surface area contributed by atoms with E-state index in [9.17, 15) is 14.7 Å². The van der Waals surface area contributed by atoms with Crippen LogP contribution in [0.15, 0.2) is 29.3 Å². The van der Waals surface area contributed by atoms with E-state index in [1.165, 1.54) is 11.3 Å². The number of carboxylic acids is 1. The molecular weight excluding hydrogens is 348 g/mol. The molecule has 1 aromatic carbocycles. The number of aromatic nitrogens is 1. The van der Waals surface area contributed by atoms with Crippen molar-refractivity contribution in [2.24, 2.45) is 4.99 Å². The Morgan fingerprint density at radius 3 is 2.79 bits per heavy atom. The molecule has 0 aliphatic heterocycles. The SMILES string of the molecule is O=C(O)Cn1c2c(sc1=NC(=O)c1cccc(Cl)c1)CCCCC2. The van der Waals surface area contributed by atoms with Crippen LogP contribution in [-0.4, -0.2) is 21.6 Å². The Morgan fingerprint density at radius 1 is 1.25 bits per heavy atom. The summed E-state index contributed by atoms with van der Waals surface area (Å²) in [5.74, 6) is -1.34. The number of hydrogen-bond acceptors (Lipinski definition) is 3. The lowest BCUT2D eigenvalue weighted by atomic mass is 10.2. The average molecular weight is 365 g/mol. The van der Waals surface area contributed by atoms with Gasteiger partial charge in [0.1, 0.15) is 6.54 Å². The third kappa shape index (κ3) is 3.76. The highest BCUT2D eigenvalue weighted by Gasteiger charge is 2.18. The molecule has 1 aliphatic carbocycles. The van der Waals surface area contributed by atoms with Crippen molar-refractivity contribution >= 4 is 34.8 Å². The van der Waals surface area contributed by atoms with Gasteiger partial charge in [-0.3, -0.25) is 9.59 Å². The maximum Gasteiger partial charge on any atom is 0.323 e. The van der Waals surface area contributed by atoms with Gasteiger partial charge in [-0.15, -0.1) is 11.3 Å². The van der Waals surface area contributed by atoms with Crippen molar-refractivity contribution in [3.8, 4) is 0 Å². The number of carboxylic acid groups (broad SMARTS) is 1. The van der Waals surface area contributed by atoms with Crippen molar-refractivity contribution < 1.29 is 14.7 Å². The fourth-order valence-corrected chi connectivity index (χ4v) is 4.27. The van der Waals surface area contributed by atoms with Crippen molar-refractivity contribution in [2.45, 2.75) is 38.6 Å². The largest absolute Gasteiger partial charge is 0.480 e. The lowest BCUT2D eigenvalue weighted by Gasteiger charge is -2.06. The minimum absolute atomic E-state index is 0.173. The molecule has 0 atom stereocenters. The Morgan fingerprint density at radius 2 is 2.04 bits per heavy atom. The van der Waals surface area contributed by atoms with Crippen LogP contribution in [0, 0.1) is 0 Å². The molecule has 0 spiro atoms. The summed E-state index contributed by atoms with van der Waals surface area (Å²) in [4.78, 5) is 29.4. The maximum absolute atomic E-state index is 12.4. The van der Waals surface area contributed by atoms with E-state index in [1.807, 2.05) is 0 Å². The van der Waals surface area contributed by atoms with Crippen LogP contribution in [0.2, 0.25) is 5.02 Å². The first-order valence-corrected chi connectivity index (χ1v) is 9.02. The summed E-state index contributed by atoms with van der Waals surface area (Å²) >= 11 is 7.34. The first-order chi connectivity index (χ1) is 11.5. The molecule has 0 fully saturated rings. The van der Waals surface area contributed by atoms with Gasteiger partial charge < -0.3 is 9.67 Å². The number of fused-ring (bicyclic) bond motifs is 1. The van der Waals surface area contributed by atoms with E-state index in [1.54, 1.807) is 28.8 Å². The van der Waals surface area contributed by atoms with Gasteiger partial charge in [0.15, 0.2) is 4.80 Å². The summed E-state index contributed by atoms with van der Waals surface area (Å²) in [5, 5.41) is 9.68. The van der Waals surface area contributed by atoms with Gasteiger partial charge in [-0.1, -0.05) is 24.1 Å². The Bertz CT molecular complexity index is 854. The second-order valence-corrected chi connectivity index (χ2v) is 7.22. The number of aliphatic carboxylic acids is 1. The number of aryl methyl sites for hydroxylation is 1. The minimum atomic E-state index is -0.934. The Hall–Kier alpha value is -1.92. The normalized spacial score (nSPS) is 15.0. The third-order valence-corrected chi connectivity index (χ3v) is 5.39. The van der Waals surface area contributed by atoms with Crippen LogP contribution in [0.25, 0.3) is 0 Å². The van der Waals surface area contributed by atoms with E-state index >= 15 is 0 Å². The van der Waals surface area contributed by atoms with Crippen LogP contribution < -0.4 is 4.80 Å². The van der Waals surface area contributed by atoms with Crippen molar-refractivity contribution in [1.29, 1.82) is 0 Å². The molecular formula is C17H17ClN2O3S. The average Bonchev–Trinajstić information content (AvgIpc) is 2.71. The number of carbonyl (C=O) groups is 2. The number of amides is 1. The predicted octanol–water partition coefficient (Wildman–Crippen LogP) is 3.30. The van der Waals surface area contributed by atoms with Gasteiger partial charge in [0.05, 0.1) is 0 Å². The lowest BCUT2D eigenvalue weighted by molar-refractivity contribution is -0.137. The summed E-state index contributed by atoms with van der Waals surface area (Å²) in [6.07, 6.45) is 5.01. The van der Waals surface area contributed by atoms with Crippen LogP contribution in [0.1, 0.15) is 40.2 Å². The first-order valence-electron chi connectivity index (χ1n) is 7.82. The highest BCUT2D eigenvalue weighted by Crippen LogP contribution is 2.23. The standard InChI is InChI=1S/C17H17ClN2O3S/c18-12-6-4-5-11(9-12)16(23)19-17-20(10-15(21)22)13-7-2-1-3-8-14(13)24-17/h4-6,9H,1-3,7-8,10H2,(H,21,22). The van der Waals surface area contributed by atoms with Crippen LogP contribution >= 0.6 is 22.9 Å². The van der Waals surface area contributed by atoms with Gasteiger partial charge in [-0.05, 0) is 43.9 Å². The van der Waals surface area contributed by atoms with Crippen LogP contribution in [0.4, 0.5) is 0 Å². The van der Waals surface area contributed by atoms with Gasteiger partial charge in [0.25, 0.3) is 5.91 Å². The molecule has 0 saturated carbocycles. The zero-order chi connectivity index (χ0) is 17.1. The minimum Gasteiger partial charge on any atom is -0.480 e. The zero-order valence-corrected chi connectivity index (χ0v) is 14.6. The van der Waals surface area contributed by atoms with Gasteiger partial charge in [0, 0.05) is 21.2 Å². The van der Waals surface area contributed by atoms with Crippen molar-refractivity contribution in [2.75, 3.05) is 0 Å². The molecule has 3 rings (SSSR count). The highest BCUT2D eigenvalue weighted by molar-refractivity contribution is 7.09. The Kier molecular flexibility index (Phi) is 5.16. The van der Waals surface area contributed by atoms with Gasteiger partial charge >= 0.3 is 5.97 Å². The molecule has 7 heteroatoms. The third-order valence-electron chi connectivity index (χ3n) is 3.97. The second kappa shape index (κ2) is 7.32. The summed E-state index contributed by atoms with van der Waals surface area (Å²) in [6, 6.07) is 6.60. The van der Waals surface area contributed by atoms with Crippen LogP contribution in [-0.2, 0) is 24.2 Å². The number of halogens is 1. The van der Waals surface area contributed by atoms with Crippen molar-refractivity contribution in [3.05, 3.63) is 50.2 Å². The fourth-order valence-electron chi connectivity index (χ4n) is 2.87. The van der Waals surface area contributed by atoms with E-state index in [2.05, 4.69) is 4.99 Å². The quantitative estimate of drug-likeness (QED) is 0.849. The molecule has 0 bridgehead atoms. The number of nitrogens with zero attached hydrogens (tertiary/aromatic N) is 2. The first kappa shape index (κ1) is 16.9. The van der Waals surface area contributed by atoms with Gasteiger partial charge in [-0.25, -0.2) is 0 Å². The lowest BCUT2D eigenvalue weighted by Crippen LogP contribution is -2.23. The number of carbonyl (C=O) groups excluding carboxylic acids is 1. The molecule has 0 radical (unpaired) electrons. The van der Waals surface area contributed by atoms with Crippen molar-refractivity contribution in [1.82, 2.24) is 4.57 Å². The maximum atomic E-state index is 12.4. The number of thiazole rings is 1. The summed E-state index contributed by atoms with van der Waals surface area (Å²) in [6.45, 7) is -0.173. The van der Waals surface area contributed by atoms with E-state index in [-0.39, 0.29) is 6.54 Å². The predicted molar refractivity (Wildman–Crippen MR) is 92.5 cm³/mol. The molecule has 0 saturated heterocycles.